The number of fused-ring (bicyclic) bond motifs is 1. The third kappa shape index (κ3) is 3.32. The molecule has 0 radical (unpaired) electrons. The molecule has 1 amide bonds. The predicted octanol–water partition coefficient (Wildman–Crippen LogP) is 3.57. The number of sulfone groups is 1. The van der Waals surface area contributed by atoms with Gasteiger partial charge in [-0.2, -0.15) is 0 Å². The number of carbonyl (C=O) groups is 1. The molecule has 0 aliphatic heterocycles. The van der Waals surface area contributed by atoms with Crippen molar-refractivity contribution in [3.8, 4) is 0 Å². The van der Waals surface area contributed by atoms with Gasteiger partial charge in [0.05, 0.1) is 15.1 Å². The maximum Gasteiger partial charge on any atom is 0.257 e. The molecular formula is C17H16N2O3S2. The third-order valence-electron chi connectivity index (χ3n) is 3.75. The largest absolute Gasteiger partial charge is 0.298 e. The zero-order chi connectivity index (χ0) is 17.5. The average molecular weight is 360 g/mol. The first kappa shape index (κ1) is 16.6. The van der Waals surface area contributed by atoms with Gasteiger partial charge in [0.2, 0.25) is 0 Å². The minimum atomic E-state index is -3.35. The minimum Gasteiger partial charge on any atom is -0.298 e. The fourth-order valence-electron chi connectivity index (χ4n) is 2.27. The Kier molecular flexibility index (Phi) is 4.15. The molecule has 0 saturated heterocycles. The molecule has 0 unspecified atom stereocenters. The van der Waals surface area contributed by atoms with Gasteiger partial charge in [-0.15, -0.1) is 0 Å². The SMILES string of the molecule is Cc1cc2nc(NC(=O)c3cccc(S(C)(=O)=O)c3)sc2cc1C. The normalized spacial score (nSPS) is 11.6. The van der Waals surface area contributed by atoms with Gasteiger partial charge in [0.25, 0.3) is 5.91 Å². The molecule has 0 aliphatic carbocycles. The number of aromatic nitrogens is 1. The van der Waals surface area contributed by atoms with E-state index in [1.807, 2.05) is 26.0 Å². The average Bonchev–Trinajstić information content (AvgIpc) is 2.88. The Morgan fingerprint density at radius 2 is 1.83 bits per heavy atom. The van der Waals surface area contributed by atoms with E-state index in [9.17, 15) is 13.2 Å². The van der Waals surface area contributed by atoms with Crippen molar-refractivity contribution in [2.24, 2.45) is 0 Å². The molecule has 5 nitrogen and oxygen atoms in total. The molecule has 2 aromatic carbocycles. The Morgan fingerprint density at radius 1 is 1.12 bits per heavy atom. The van der Waals surface area contributed by atoms with E-state index in [1.54, 1.807) is 12.1 Å². The van der Waals surface area contributed by atoms with Gasteiger partial charge in [-0.25, -0.2) is 13.4 Å². The van der Waals surface area contributed by atoms with Crippen LogP contribution in [0.3, 0.4) is 0 Å². The number of benzene rings is 2. The summed E-state index contributed by atoms with van der Waals surface area (Å²) in [5.41, 5.74) is 3.43. The predicted molar refractivity (Wildman–Crippen MR) is 96.6 cm³/mol. The lowest BCUT2D eigenvalue weighted by Crippen LogP contribution is -2.12. The standard InChI is InChI=1S/C17H16N2O3S2/c1-10-7-14-15(8-11(10)2)23-17(18-14)19-16(20)12-5-4-6-13(9-12)24(3,21)22/h4-9H,1-3H3,(H,18,19,20). The van der Waals surface area contributed by atoms with Crippen molar-refractivity contribution in [3.63, 3.8) is 0 Å². The molecular weight excluding hydrogens is 344 g/mol. The van der Waals surface area contributed by atoms with Gasteiger partial charge in [-0.05, 0) is 55.3 Å². The second-order valence-electron chi connectivity index (χ2n) is 5.68. The fraction of sp³-hybridized carbons (Fsp3) is 0.176. The molecule has 0 spiro atoms. The van der Waals surface area contributed by atoms with Crippen molar-refractivity contribution in [1.82, 2.24) is 4.98 Å². The van der Waals surface area contributed by atoms with Crippen LogP contribution in [0.5, 0.6) is 0 Å². The first-order chi connectivity index (χ1) is 11.2. The van der Waals surface area contributed by atoms with E-state index < -0.39 is 9.84 Å². The number of thiazole rings is 1. The Morgan fingerprint density at radius 3 is 2.54 bits per heavy atom. The van der Waals surface area contributed by atoms with Gasteiger partial charge in [-0.3, -0.25) is 10.1 Å². The number of nitrogens with zero attached hydrogens (tertiary/aromatic N) is 1. The third-order valence-corrected chi connectivity index (χ3v) is 5.79. The number of rotatable bonds is 3. The van der Waals surface area contributed by atoms with E-state index in [-0.39, 0.29) is 16.4 Å². The van der Waals surface area contributed by atoms with E-state index in [4.69, 9.17) is 0 Å². The Labute approximate surface area is 144 Å². The van der Waals surface area contributed by atoms with Gasteiger partial charge < -0.3 is 0 Å². The molecule has 1 aromatic heterocycles. The number of nitrogens with one attached hydrogen (secondary N) is 1. The highest BCUT2D eigenvalue weighted by Crippen LogP contribution is 2.28. The van der Waals surface area contributed by atoms with E-state index in [0.29, 0.717) is 5.13 Å². The van der Waals surface area contributed by atoms with Crippen LogP contribution >= 0.6 is 11.3 Å². The van der Waals surface area contributed by atoms with E-state index in [0.717, 1.165) is 22.0 Å². The van der Waals surface area contributed by atoms with Gasteiger partial charge in [-0.1, -0.05) is 17.4 Å². The molecule has 0 atom stereocenters. The van der Waals surface area contributed by atoms with Gasteiger partial charge >= 0.3 is 0 Å². The molecule has 3 aromatic rings. The lowest BCUT2D eigenvalue weighted by molar-refractivity contribution is 0.102. The maximum atomic E-state index is 12.4. The number of hydrogen-bond donors (Lipinski definition) is 1. The quantitative estimate of drug-likeness (QED) is 0.775. The van der Waals surface area contributed by atoms with E-state index >= 15 is 0 Å². The first-order valence-corrected chi connectivity index (χ1v) is 9.94. The molecule has 0 bridgehead atoms. The molecule has 0 saturated carbocycles. The molecule has 7 heteroatoms. The van der Waals surface area contributed by atoms with Crippen LogP contribution in [0.15, 0.2) is 41.3 Å². The van der Waals surface area contributed by atoms with E-state index in [1.165, 1.54) is 29.0 Å². The lowest BCUT2D eigenvalue weighted by Gasteiger charge is -2.03. The fourth-order valence-corrected chi connectivity index (χ4v) is 3.88. The summed E-state index contributed by atoms with van der Waals surface area (Å²) < 4.78 is 24.2. The number of aryl methyl sites for hydroxylation is 2. The van der Waals surface area contributed by atoms with Crippen LogP contribution in [0.4, 0.5) is 5.13 Å². The highest BCUT2D eigenvalue weighted by atomic mass is 32.2. The van der Waals surface area contributed by atoms with Crippen LogP contribution in [0.1, 0.15) is 21.5 Å². The second kappa shape index (κ2) is 5.99. The summed E-state index contributed by atoms with van der Waals surface area (Å²) in [6.07, 6.45) is 1.11. The number of amides is 1. The van der Waals surface area contributed by atoms with Gasteiger partial charge in [0.15, 0.2) is 15.0 Å². The first-order valence-electron chi connectivity index (χ1n) is 7.23. The van der Waals surface area contributed by atoms with Crippen LogP contribution < -0.4 is 5.32 Å². The van der Waals surface area contributed by atoms with Crippen molar-refractivity contribution in [2.75, 3.05) is 11.6 Å². The topological polar surface area (TPSA) is 76.1 Å². The summed E-state index contributed by atoms with van der Waals surface area (Å²) in [6.45, 7) is 4.05. The number of anilines is 1. The van der Waals surface area contributed by atoms with E-state index in [2.05, 4.69) is 10.3 Å². The molecule has 1 N–H and O–H groups in total. The number of carbonyl (C=O) groups excluding carboxylic acids is 1. The molecule has 3 rings (SSSR count). The van der Waals surface area contributed by atoms with Gasteiger partial charge in [0.1, 0.15) is 0 Å². The highest BCUT2D eigenvalue weighted by Gasteiger charge is 2.14. The summed E-state index contributed by atoms with van der Waals surface area (Å²) in [5, 5.41) is 3.23. The summed E-state index contributed by atoms with van der Waals surface area (Å²) in [4.78, 5) is 16.9. The molecule has 0 fully saturated rings. The summed E-state index contributed by atoms with van der Waals surface area (Å²) in [7, 11) is -3.35. The van der Waals surface area contributed by atoms with Crippen molar-refractivity contribution in [1.29, 1.82) is 0 Å². The zero-order valence-electron chi connectivity index (χ0n) is 13.5. The smallest absolute Gasteiger partial charge is 0.257 e. The minimum absolute atomic E-state index is 0.116. The van der Waals surface area contributed by atoms with Crippen molar-refractivity contribution in [3.05, 3.63) is 53.1 Å². The highest BCUT2D eigenvalue weighted by molar-refractivity contribution is 7.90. The Bertz CT molecular complexity index is 1010. The van der Waals surface area contributed by atoms with Crippen LogP contribution in [0.2, 0.25) is 0 Å². The Balaban J connectivity index is 1.90. The monoisotopic (exact) mass is 360 g/mol. The molecule has 24 heavy (non-hydrogen) atoms. The zero-order valence-corrected chi connectivity index (χ0v) is 15.1. The summed E-state index contributed by atoms with van der Waals surface area (Å²) >= 11 is 1.39. The lowest BCUT2D eigenvalue weighted by atomic mass is 10.1. The Hall–Kier alpha value is -2.25. The summed E-state index contributed by atoms with van der Waals surface area (Å²) in [5.74, 6) is -0.381. The van der Waals surface area contributed by atoms with Gasteiger partial charge in [0, 0.05) is 11.8 Å². The number of hydrogen-bond acceptors (Lipinski definition) is 5. The maximum absolute atomic E-state index is 12.4. The molecule has 0 aliphatic rings. The molecule has 1 heterocycles. The second-order valence-corrected chi connectivity index (χ2v) is 8.72. The van der Waals surface area contributed by atoms with Crippen molar-refractivity contribution < 1.29 is 13.2 Å². The van der Waals surface area contributed by atoms with Crippen LogP contribution in [-0.4, -0.2) is 25.6 Å². The van der Waals surface area contributed by atoms with Crippen LogP contribution in [0, 0.1) is 13.8 Å². The summed E-state index contributed by atoms with van der Waals surface area (Å²) in [6, 6.07) is 9.99. The van der Waals surface area contributed by atoms with Crippen LogP contribution in [-0.2, 0) is 9.84 Å². The van der Waals surface area contributed by atoms with Crippen molar-refractivity contribution >= 4 is 42.4 Å². The molecule has 124 valence electrons. The van der Waals surface area contributed by atoms with Crippen molar-refractivity contribution in [2.45, 2.75) is 18.7 Å². The van der Waals surface area contributed by atoms with Crippen LogP contribution in [0.25, 0.3) is 10.2 Å².